The van der Waals surface area contributed by atoms with Gasteiger partial charge in [0.2, 0.25) is 10.0 Å². The largest absolute Gasteiger partial charge is 0.246 e. The van der Waals surface area contributed by atoms with E-state index in [4.69, 9.17) is 0 Å². The third kappa shape index (κ3) is 4.09. The number of sulfonamides is 1. The third-order valence-electron chi connectivity index (χ3n) is 2.96. The van der Waals surface area contributed by atoms with Crippen LogP contribution in [0.25, 0.3) is 0 Å². The average molecular weight is 311 g/mol. The summed E-state index contributed by atoms with van der Waals surface area (Å²) in [5, 5.41) is 0. The Morgan fingerprint density at radius 1 is 0.905 bits per heavy atom. The lowest BCUT2D eigenvalue weighted by Crippen LogP contribution is -2.27. The van der Waals surface area contributed by atoms with Crippen molar-refractivity contribution < 1.29 is 17.2 Å². The van der Waals surface area contributed by atoms with Crippen LogP contribution in [-0.4, -0.2) is 15.0 Å². The minimum Gasteiger partial charge on any atom is -0.211 e. The van der Waals surface area contributed by atoms with Crippen LogP contribution in [0.3, 0.4) is 0 Å². The number of hydrogen-bond acceptors (Lipinski definition) is 2. The summed E-state index contributed by atoms with van der Waals surface area (Å²) < 4.78 is 52.9. The number of halogens is 2. The van der Waals surface area contributed by atoms with E-state index in [-0.39, 0.29) is 6.54 Å². The van der Waals surface area contributed by atoms with Gasteiger partial charge < -0.3 is 0 Å². The third-order valence-corrected chi connectivity index (χ3v) is 4.48. The van der Waals surface area contributed by atoms with Crippen LogP contribution >= 0.6 is 0 Å². The summed E-state index contributed by atoms with van der Waals surface area (Å²) in [6.07, 6.45) is 1.22. The van der Waals surface area contributed by atoms with E-state index in [2.05, 4.69) is 4.72 Å². The van der Waals surface area contributed by atoms with Crippen LogP contribution in [0.5, 0.6) is 0 Å². The van der Waals surface area contributed by atoms with E-state index in [1.807, 2.05) is 30.3 Å². The first-order chi connectivity index (χ1) is 10.0. The lowest BCUT2D eigenvalue weighted by molar-refractivity contribution is 0.513. The normalized spacial score (nSPS) is 11.5. The molecule has 0 aliphatic heterocycles. The van der Waals surface area contributed by atoms with Gasteiger partial charge in [-0.25, -0.2) is 21.9 Å². The first-order valence-corrected chi connectivity index (χ1v) is 7.96. The SMILES string of the molecule is O=S(=O)(NCCCc1ccccc1)c1c(F)cccc1F. The quantitative estimate of drug-likeness (QED) is 0.834. The van der Waals surface area contributed by atoms with Gasteiger partial charge in [-0.1, -0.05) is 36.4 Å². The van der Waals surface area contributed by atoms with Crippen LogP contribution in [0.1, 0.15) is 12.0 Å². The maximum atomic E-state index is 13.5. The summed E-state index contributed by atoms with van der Waals surface area (Å²) >= 11 is 0. The van der Waals surface area contributed by atoms with Gasteiger partial charge in [-0.15, -0.1) is 0 Å². The van der Waals surface area contributed by atoms with Gasteiger partial charge in [-0.3, -0.25) is 0 Å². The highest BCUT2D eigenvalue weighted by atomic mass is 32.2. The van der Waals surface area contributed by atoms with Gasteiger partial charge in [0, 0.05) is 6.54 Å². The molecule has 3 nitrogen and oxygen atoms in total. The Morgan fingerprint density at radius 3 is 2.14 bits per heavy atom. The zero-order chi connectivity index (χ0) is 15.3. The van der Waals surface area contributed by atoms with E-state index in [1.165, 1.54) is 0 Å². The molecule has 0 atom stereocenters. The fourth-order valence-electron chi connectivity index (χ4n) is 1.96. The van der Waals surface area contributed by atoms with Crippen molar-refractivity contribution in [2.75, 3.05) is 6.54 Å². The van der Waals surface area contributed by atoms with Crippen molar-refractivity contribution in [3.8, 4) is 0 Å². The molecule has 0 spiro atoms. The number of rotatable bonds is 6. The first-order valence-electron chi connectivity index (χ1n) is 6.48. The molecule has 0 heterocycles. The van der Waals surface area contributed by atoms with Crippen LogP contribution < -0.4 is 4.72 Å². The van der Waals surface area contributed by atoms with Crippen molar-refractivity contribution >= 4 is 10.0 Å². The zero-order valence-electron chi connectivity index (χ0n) is 11.2. The molecule has 112 valence electrons. The van der Waals surface area contributed by atoms with Gasteiger partial charge in [-0.05, 0) is 30.5 Å². The van der Waals surface area contributed by atoms with Crippen molar-refractivity contribution in [2.45, 2.75) is 17.7 Å². The fraction of sp³-hybridized carbons (Fsp3) is 0.200. The molecule has 2 aromatic carbocycles. The van der Waals surface area contributed by atoms with Gasteiger partial charge in [0.05, 0.1) is 0 Å². The molecule has 2 rings (SSSR count). The molecule has 0 aromatic heterocycles. The maximum absolute atomic E-state index is 13.5. The minimum atomic E-state index is -4.18. The van der Waals surface area contributed by atoms with Crippen LogP contribution in [0.4, 0.5) is 8.78 Å². The maximum Gasteiger partial charge on any atom is 0.246 e. The Morgan fingerprint density at radius 2 is 1.52 bits per heavy atom. The molecule has 1 N–H and O–H groups in total. The Bertz CT molecular complexity index is 683. The molecule has 21 heavy (non-hydrogen) atoms. The summed E-state index contributed by atoms with van der Waals surface area (Å²) in [5.74, 6) is -2.18. The van der Waals surface area contributed by atoms with E-state index >= 15 is 0 Å². The molecule has 0 radical (unpaired) electrons. The summed E-state index contributed by atoms with van der Waals surface area (Å²) in [6, 6.07) is 12.5. The second-order valence-electron chi connectivity index (χ2n) is 4.54. The lowest BCUT2D eigenvalue weighted by atomic mass is 10.1. The smallest absolute Gasteiger partial charge is 0.211 e. The summed E-state index contributed by atoms with van der Waals surface area (Å²) in [5.41, 5.74) is 1.08. The fourth-order valence-corrected chi connectivity index (χ4v) is 3.16. The molecule has 2 aromatic rings. The molecular weight excluding hydrogens is 296 g/mol. The second kappa shape index (κ2) is 6.78. The summed E-state index contributed by atoms with van der Waals surface area (Å²) in [7, 11) is -4.18. The first kappa shape index (κ1) is 15.6. The molecule has 0 amide bonds. The Hall–Kier alpha value is -1.79. The van der Waals surface area contributed by atoms with Crippen LogP contribution in [0.2, 0.25) is 0 Å². The van der Waals surface area contributed by atoms with Gasteiger partial charge in [0.15, 0.2) is 4.90 Å². The number of hydrogen-bond donors (Lipinski definition) is 1. The molecule has 0 unspecified atom stereocenters. The van der Waals surface area contributed by atoms with Gasteiger partial charge in [0.25, 0.3) is 0 Å². The van der Waals surface area contributed by atoms with Crippen LogP contribution in [-0.2, 0) is 16.4 Å². The molecule has 0 bridgehead atoms. The van der Waals surface area contributed by atoms with Crippen molar-refractivity contribution in [1.82, 2.24) is 4.72 Å². The Kier molecular flexibility index (Phi) is 5.03. The molecule has 0 aliphatic rings. The van der Waals surface area contributed by atoms with E-state index < -0.39 is 26.6 Å². The highest BCUT2D eigenvalue weighted by Gasteiger charge is 2.22. The molecule has 0 saturated heterocycles. The summed E-state index contributed by atoms with van der Waals surface area (Å²) in [6.45, 7) is 0.116. The van der Waals surface area contributed by atoms with Gasteiger partial charge in [0.1, 0.15) is 11.6 Å². The predicted molar refractivity (Wildman–Crippen MR) is 76.3 cm³/mol. The Balaban J connectivity index is 1.96. The van der Waals surface area contributed by atoms with Crippen molar-refractivity contribution in [3.05, 3.63) is 65.7 Å². The predicted octanol–water partition coefficient (Wildman–Crippen LogP) is 2.88. The number of benzene rings is 2. The molecule has 0 aliphatic carbocycles. The molecule has 0 saturated carbocycles. The van der Waals surface area contributed by atoms with E-state index in [0.29, 0.717) is 12.8 Å². The molecular formula is C15H15F2NO2S. The van der Waals surface area contributed by atoms with E-state index in [1.54, 1.807) is 0 Å². The van der Waals surface area contributed by atoms with Crippen LogP contribution in [0, 0.1) is 11.6 Å². The lowest BCUT2D eigenvalue weighted by Gasteiger charge is -2.08. The highest BCUT2D eigenvalue weighted by Crippen LogP contribution is 2.17. The van der Waals surface area contributed by atoms with E-state index in [0.717, 1.165) is 23.8 Å². The standard InChI is InChI=1S/C15H15F2NO2S/c16-13-9-4-10-14(17)15(13)21(19,20)18-11-5-8-12-6-2-1-3-7-12/h1-4,6-7,9-10,18H,5,8,11H2. The Labute approximate surface area is 122 Å². The second-order valence-corrected chi connectivity index (χ2v) is 6.24. The van der Waals surface area contributed by atoms with Crippen LogP contribution in [0.15, 0.2) is 53.4 Å². The average Bonchev–Trinajstić information content (AvgIpc) is 2.44. The van der Waals surface area contributed by atoms with E-state index in [9.17, 15) is 17.2 Å². The van der Waals surface area contributed by atoms with Gasteiger partial charge in [-0.2, -0.15) is 0 Å². The summed E-state index contributed by atoms with van der Waals surface area (Å²) in [4.78, 5) is -0.926. The van der Waals surface area contributed by atoms with Crippen molar-refractivity contribution in [2.24, 2.45) is 0 Å². The number of nitrogens with one attached hydrogen (secondary N) is 1. The monoisotopic (exact) mass is 311 g/mol. The van der Waals surface area contributed by atoms with Gasteiger partial charge >= 0.3 is 0 Å². The van der Waals surface area contributed by atoms with Crippen molar-refractivity contribution in [1.29, 1.82) is 0 Å². The topological polar surface area (TPSA) is 46.2 Å². The number of aryl methyl sites for hydroxylation is 1. The molecule has 6 heteroatoms. The van der Waals surface area contributed by atoms with Crippen molar-refractivity contribution in [3.63, 3.8) is 0 Å². The minimum absolute atomic E-state index is 0.116. The highest BCUT2D eigenvalue weighted by molar-refractivity contribution is 7.89. The zero-order valence-corrected chi connectivity index (χ0v) is 12.0. The molecule has 0 fully saturated rings.